The summed E-state index contributed by atoms with van der Waals surface area (Å²) in [6, 6.07) is 10.8. The van der Waals surface area contributed by atoms with Gasteiger partial charge in [0, 0.05) is 25.7 Å². The van der Waals surface area contributed by atoms with E-state index in [0.29, 0.717) is 0 Å². The Morgan fingerprint density at radius 1 is 1.04 bits per heavy atom. The van der Waals surface area contributed by atoms with Gasteiger partial charge in [0.05, 0.1) is 6.26 Å². The van der Waals surface area contributed by atoms with Gasteiger partial charge in [0.1, 0.15) is 0 Å². The van der Waals surface area contributed by atoms with Gasteiger partial charge >= 0.3 is 0 Å². The average Bonchev–Trinajstić information content (AvgIpc) is 2.96. The van der Waals surface area contributed by atoms with E-state index >= 15 is 0 Å². The molecule has 0 aliphatic carbocycles. The lowest BCUT2D eigenvalue weighted by atomic mass is 10.0. The number of sulfonamides is 1. The maximum absolute atomic E-state index is 11.3. The Hall–Kier alpha value is -0.950. The lowest BCUT2D eigenvalue weighted by molar-refractivity contribution is 0.177. The van der Waals surface area contributed by atoms with Crippen molar-refractivity contribution in [2.75, 3.05) is 39.0 Å². The van der Waals surface area contributed by atoms with E-state index in [2.05, 4.69) is 44.9 Å². The number of piperidine rings is 1. The highest BCUT2D eigenvalue weighted by atomic mass is 32.2. The summed E-state index contributed by atoms with van der Waals surface area (Å²) in [6.07, 6.45) is 4.37. The number of nitrogens with one attached hydrogen (secondary N) is 1. The van der Waals surface area contributed by atoms with Gasteiger partial charge in [-0.25, -0.2) is 13.1 Å². The predicted molar refractivity (Wildman–Crippen MR) is 97.3 cm³/mol. The molecule has 1 aromatic rings. The van der Waals surface area contributed by atoms with Gasteiger partial charge in [-0.05, 0) is 50.4 Å². The van der Waals surface area contributed by atoms with Crippen molar-refractivity contribution in [3.63, 3.8) is 0 Å². The van der Waals surface area contributed by atoms with Crippen LogP contribution in [0.2, 0.25) is 0 Å². The van der Waals surface area contributed by atoms with Crippen molar-refractivity contribution in [3.05, 3.63) is 35.9 Å². The van der Waals surface area contributed by atoms with E-state index in [-0.39, 0.29) is 6.04 Å². The molecule has 2 heterocycles. The summed E-state index contributed by atoms with van der Waals surface area (Å²) in [5, 5.41) is 0. The van der Waals surface area contributed by atoms with Gasteiger partial charge in [0.2, 0.25) is 10.0 Å². The summed E-state index contributed by atoms with van der Waals surface area (Å²) >= 11 is 0. The molecule has 0 radical (unpaired) electrons. The highest BCUT2D eigenvalue weighted by Crippen LogP contribution is 2.21. The third-order valence-electron chi connectivity index (χ3n) is 5.10. The van der Waals surface area contributed by atoms with Gasteiger partial charge in [0.25, 0.3) is 0 Å². The molecular formula is C18H29N3O2S. The fourth-order valence-corrected chi connectivity index (χ4v) is 4.79. The van der Waals surface area contributed by atoms with E-state index in [9.17, 15) is 8.42 Å². The molecule has 2 fully saturated rings. The molecule has 5 nitrogen and oxygen atoms in total. The molecule has 2 aliphatic rings. The van der Waals surface area contributed by atoms with E-state index in [4.69, 9.17) is 0 Å². The summed E-state index contributed by atoms with van der Waals surface area (Å²) in [4.78, 5) is 5.06. The van der Waals surface area contributed by atoms with Crippen LogP contribution >= 0.6 is 0 Å². The molecule has 1 N–H and O–H groups in total. The minimum atomic E-state index is -3.08. The Bertz CT molecular complexity index is 612. The van der Waals surface area contributed by atoms with Crippen LogP contribution in [0.15, 0.2) is 30.3 Å². The maximum Gasteiger partial charge on any atom is 0.208 e. The van der Waals surface area contributed by atoms with E-state index < -0.39 is 10.0 Å². The molecule has 134 valence electrons. The maximum atomic E-state index is 11.3. The molecule has 0 spiro atoms. The van der Waals surface area contributed by atoms with Gasteiger partial charge in [-0.3, -0.25) is 4.90 Å². The van der Waals surface area contributed by atoms with E-state index in [1.54, 1.807) is 0 Å². The second kappa shape index (κ2) is 7.95. The smallest absolute Gasteiger partial charge is 0.208 e. The Labute approximate surface area is 146 Å². The number of hydrogen-bond acceptors (Lipinski definition) is 4. The van der Waals surface area contributed by atoms with Gasteiger partial charge in [-0.15, -0.1) is 0 Å². The van der Waals surface area contributed by atoms with Crippen molar-refractivity contribution in [2.24, 2.45) is 5.92 Å². The van der Waals surface area contributed by atoms with Crippen LogP contribution in [0, 0.1) is 5.92 Å². The quantitative estimate of drug-likeness (QED) is 0.844. The molecule has 0 unspecified atom stereocenters. The number of hydrogen-bond donors (Lipinski definition) is 1. The summed E-state index contributed by atoms with van der Waals surface area (Å²) in [5.41, 5.74) is 1.39. The largest absolute Gasteiger partial charge is 0.303 e. The van der Waals surface area contributed by atoms with Crippen molar-refractivity contribution in [1.82, 2.24) is 14.5 Å². The minimum Gasteiger partial charge on any atom is -0.303 e. The molecule has 0 aromatic heterocycles. The number of rotatable bonds is 6. The first-order chi connectivity index (χ1) is 11.5. The van der Waals surface area contributed by atoms with Crippen LogP contribution in [0.1, 0.15) is 24.8 Å². The fraction of sp³-hybridized carbons (Fsp3) is 0.667. The van der Waals surface area contributed by atoms with Gasteiger partial charge in [-0.2, -0.15) is 0 Å². The zero-order chi connectivity index (χ0) is 17.0. The summed E-state index contributed by atoms with van der Waals surface area (Å²) in [7, 11) is -3.08. The fourth-order valence-electron chi connectivity index (χ4n) is 3.95. The number of benzene rings is 1. The van der Waals surface area contributed by atoms with Crippen LogP contribution in [0.3, 0.4) is 0 Å². The molecule has 24 heavy (non-hydrogen) atoms. The Balaban J connectivity index is 1.39. The summed E-state index contributed by atoms with van der Waals surface area (Å²) < 4.78 is 25.4. The first-order valence-electron chi connectivity index (χ1n) is 8.94. The van der Waals surface area contributed by atoms with Crippen LogP contribution < -0.4 is 4.72 Å². The molecule has 0 amide bonds. The Kier molecular flexibility index (Phi) is 5.92. The second-order valence-corrected chi connectivity index (χ2v) is 9.12. The van der Waals surface area contributed by atoms with Crippen LogP contribution in [-0.4, -0.2) is 63.2 Å². The molecule has 2 saturated heterocycles. The van der Waals surface area contributed by atoms with Crippen molar-refractivity contribution >= 4 is 10.0 Å². The molecule has 0 bridgehead atoms. The normalized spacial score (nSPS) is 24.5. The Morgan fingerprint density at radius 2 is 1.71 bits per heavy atom. The zero-order valence-electron chi connectivity index (χ0n) is 14.5. The topological polar surface area (TPSA) is 52.7 Å². The average molecular weight is 352 g/mol. The van der Waals surface area contributed by atoms with Crippen LogP contribution in [0.5, 0.6) is 0 Å². The van der Waals surface area contributed by atoms with E-state index in [0.717, 1.165) is 44.9 Å². The van der Waals surface area contributed by atoms with Crippen LogP contribution in [0.25, 0.3) is 0 Å². The SMILES string of the molecule is CS(=O)(=O)NC1CCN(C[C@@H]2CCN(Cc3ccccc3)C2)CC1. The summed E-state index contributed by atoms with van der Waals surface area (Å²) in [6.45, 7) is 6.57. The predicted octanol–water partition coefficient (Wildman–Crippen LogP) is 1.52. The van der Waals surface area contributed by atoms with Crippen molar-refractivity contribution < 1.29 is 8.42 Å². The van der Waals surface area contributed by atoms with Crippen molar-refractivity contribution in [3.8, 4) is 0 Å². The highest BCUT2D eigenvalue weighted by molar-refractivity contribution is 7.88. The van der Waals surface area contributed by atoms with E-state index in [1.807, 2.05) is 0 Å². The number of nitrogens with zero attached hydrogens (tertiary/aromatic N) is 2. The van der Waals surface area contributed by atoms with Crippen LogP contribution in [0.4, 0.5) is 0 Å². The van der Waals surface area contributed by atoms with Crippen LogP contribution in [-0.2, 0) is 16.6 Å². The van der Waals surface area contributed by atoms with Gasteiger partial charge in [0.15, 0.2) is 0 Å². The minimum absolute atomic E-state index is 0.120. The molecule has 3 rings (SSSR count). The molecule has 1 aromatic carbocycles. The van der Waals surface area contributed by atoms with Gasteiger partial charge < -0.3 is 4.90 Å². The highest BCUT2D eigenvalue weighted by Gasteiger charge is 2.27. The Morgan fingerprint density at radius 3 is 2.38 bits per heavy atom. The lowest BCUT2D eigenvalue weighted by Crippen LogP contribution is -2.45. The monoisotopic (exact) mass is 351 g/mol. The molecule has 6 heteroatoms. The molecule has 1 atom stereocenters. The molecule has 0 saturated carbocycles. The summed E-state index contributed by atoms with van der Waals surface area (Å²) in [5.74, 6) is 0.744. The number of likely N-dealkylation sites (tertiary alicyclic amines) is 2. The first kappa shape index (κ1) is 17.9. The van der Waals surface area contributed by atoms with Gasteiger partial charge in [-0.1, -0.05) is 30.3 Å². The zero-order valence-corrected chi connectivity index (χ0v) is 15.3. The third kappa shape index (κ3) is 5.55. The second-order valence-electron chi connectivity index (χ2n) is 7.34. The third-order valence-corrected chi connectivity index (χ3v) is 5.87. The molecular weight excluding hydrogens is 322 g/mol. The first-order valence-corrected chi connectivity index (χ1v) is 10.8. The van der Waals surface area contributed by atoms with Crippen molar-refractivity contribution in [1.29, 1.82) is 0 Å². The standard InChI is InChI=1S/C18H29N3O2S/c1-24(22,23)19-18-8-11-20(12-9-18)14-17-7-10-21(15-17)13-16-5-3-2-4-6-16/h2-6,17-19H,7-15H2,1H3/t17-/m0/s1. The van der Waals surface area contributed by atoms with Crippen molar-refractivity contribution in [2.45, 2.75) is 31.8 Å². The molecule has 2 aliphatic heterocycles. The van der Waals surface area contributed by atoms with E-state index in [1.165, 1.54) is 31.3 Å². The lowest BCUT2D eigenvalue weighted by Gasteiger charge is -2.33.